The number of anilines is 3. The molecule has 8 aromatic carbocycles. The largest absolute Gasteiger partial charge is 0.458 e. The van der Waals surface area contributed by atoms with Gasteiger partial charge in [0.05, 0.1) is 11.0 Å². The molecule has 2 aliphatic heterocycles. The van der Waals surface area contributed by atoms with Crippen LogP contribution in [0, 0.1) is 0 Å². The van der Waals surface area contributed by atoms with Gasteiger partial charge in [0.2, 0.25) is 0 Å². The fraction of sp³-hybridized carbons (Fsp3) is 0.0588. The van der Waals surface area contributed by atoms with E-state index < -0.39 is 0 Å². The summed E-state index contributed by atoms with van der Waals surface area (Å²) in [7, 11) is 0. The van der Waals surface area contributed by atoms with Gasteiger partial charge < -0.3 is 18.9 Å². The maximum Gasteiger partial charge on any atom is 0.260 e. The monoisotopic (exact) mass is 718 g/mol. The van der Waals surface area contributed by atoms with Crippen LogP contribution in [0.15, 0.2) is 176 Å². The Balaban J connectivity index is 1.05. The summed E-state index contributed by atoms with van der Waals surface area (Å²) in [5.74, 6) is 3.50. The number of para-hydroxylation sites is 4. The highest BCUT2D eigenvalue weighted by molar-refractivity contribution is 6.98. The molecule has 9 aromatic rings. The number of nitrogens with zero attached hydrogens (tertiary/aromatic N) is 2. The zero-order chi connectivity index (χ0) is 37.1. The highest BCUT2D eigenvalue weighted by atomic mass is 16.5. The topological polar surface area (TPSA) is 26.6 Å². The summed E-state index contributed by atoms with van der Waals surface area (Å²) in [6.45, 7) is 4.64. The molecule has 1 aromatic heterocycles. The zero-order valence-electron chi connectivity index (χ0n) is 31.0. The van der Waals surface area contributed by atoms with Crippen LogP contribution in [0.3, 0.4) is 0 Å². The van der Waals surface area contributed by atoms with E-state index in [0.717, 1.165) is 62.2 Å². The van der Waals surface area contributed by atoms with Crippen molar-refractivity contribution in [2.24, 2.45) is 0 Å². The van der Waals surface area contributed by atoms with E-state index in [1.54, 1.807) is 0 Å². The summed E-state index contributed by atoms with van der Waals surface area (Å²) in [5, 5.41) is 2.43. The van der Waals surface area contributed by atoms with Gasteiger partial charge in [-0.25, -0.2) is 0 Å². The van der Waals surface area contributed by atoms with Gasteiger partial charge in [0.15, 0.2) is 0 Å². The van der Waals surface area contributed by atoms with E-state index >= 15 is 0 Å². The summed E-state index contributed by atoms with van der Waals surface area (Å²) in [6.07, 6.45) is 0. The van der Waals surface area contributed by atoms with Crippen LogP contribution in [0.1, 0.15) is 25.0 Å². The zero-order valence-corrected chi connectivity index (χ0v) is 31.0. The van der Waals surface area contributed by atoms with Gasteiger partial charge in [-0.15, -0.1) is 0 Å². The molecule has 1 aliphatic carbocycles. The molecule has 12 rings (SSSR count). The van der Waals surface area contributed by atoms with Gasteiger partial charge in [-0.2, -0.15) is 0 Å². The third kappa shape index (κ3) is 4.37. The van der Waals surface area contributed by atoms with Crippen molar-refractivity contribution in [1.29, 1.82) is 0 Å². The number of hydrogen-bond donors (Lipinski definition) is 0. The van der Waals surface area contributed by atoms with E-state index in [0.29, 0.717) is 0 Å². The van der Waals surface area contributed by atoms with E-state index in [2.05, 4.69) is 193 Å². The normalized spacial score (nSPS) is 13.9. The van der Waals surface area contributed by atoms with Gasteiger partial charge in [0.1, 0.15) is 23.0 Å². The predicted molar refractivity (Wildman–Crippen MR) is 231 cm³/mol. The number of ether oxygens (including phenoxy) is 2. The van der Waals surface area contributed by atoms with Gasteiger partial charge in [-0.1, -0.05) is 111 Å². The van der Waals surface area contributed by atoms with E-state index in [-0.39, 0.29) is 12.1 Å². The van der Waals surface area contributed by atoms with Gasteiger partial charge in [-0.3, -0.25) is 0 Å². The maximum absolute atomic E-state index is 6.86. The molecule has 0 amide bonds. The predicted octanol–water partition coefficient (Wildman–Crippen LogP) is 11.3. The second-order valence-electron chi connectivity index (χ2n) is 15.7. The molecule has 0 fully saturated rings. The van der Waals surface area contributed by atoms with Crippen molar-refractivity contribution in [1.82, 2.24) is 4.57 Å². The minimum atomic E-state index is -0.251. The molecule has 0 spiro atoms. The molecule has 56 heavy (non-hydrogen) atoms. The quantitative estimate of drug-likeness (QED) is 0.170. The molecule has 0 radical (unpaired) electrons. The highest BCUT2D eigenvalue weighted by Gasteiger charge is 2.44. The number of hydrogen-bond acceptors (Lipinski definition) is 3. The van der Waals surface area contributed by atoms with Crippen LogP contribution < -0.4 is 30.8 Å². The third-order valence-corrected chi connectivity index (χ3v) is 12.3. The molecule has 0 saturated carbocycles. The average Bonchev–Trinajstić information content (AvgIpc) is 3.67. The van der Waals surface area contributed by atoms with Crippen LogP contribution in [0.2, 0.25) is 0 Å². The number of benzene rings is 8. The van der Waals surface area contributed by atoms with Crippen LogP contribution in [0.5, 0.6) is 23.0 Å². The Labute approximate surface area is 325 Å². The van der Waals surface area contributed by atoms with E-state index in [4.69, 9.17) is 9.47 Å². The molecular weight excluding hydrogens is 683 g/mol. The molecule has 0 N–H and O–H groups in total. The van der Waals surface area contributed by atoms with E-state index in [1.165, 1.54) is 44.0 Å². The lowest BCUT2D eigenvalue weighted by Gasteiger charge is -2.34. The van der Waals surface area contributed by atoms with Crippen LogP contribution in [0.25, 0.3) is 38.6 Å². The van der Waals surface area contributed by atoms with Crippen LogP contribution in [-0.4, -0.2) is 11.3 Å². The Morgan fingerprint density at radius 3 is 1.79 bits per heavy atom. The second-order valence-corrected chi connectivity index (χ2v) is 15.7. The Bertz CT molecular complexity index is 3020. The van der Waals surface area contributed by atoms with Crippen LogP contribution >= 0.6 is 0 Å². The first-order chi connectivity index (χ1) is 27.5. The first-order valence-corrected chi connectivity index (χ1v) is 19.4. The SMILES string of the molecule is CC1(C)c2cc(N(c3ccccc3)c3ccccc3)ccc2-c2cc3c(cc21)Oc1cccc2c1B3c1cc3c4ccccc4n(-c4ccccc4)c3cc1O2. The summed E-state index contributed by atoms with van der Waals surface area (Å²) >= 11 is 0. The Kier molecular flexibility index (Phi) is 6.45. The van der Waals surface area contributed by atoms with Gasteiger partial charge in [0.25, 0.3) is 6.71 Å². The summed E-state index contributed by atoms with van der Waals surface area (Å²) in [6, 6.07) is 63.2. The van der Waals surface area contributed by atoms with E-state index in [9.17, 15) is 0 Å². The smallest absolute Gasteiger partial charge is 0.260 e. The van der Waals surface area contributed by atoms with Crippen molar-refractivity contribution in [3.05, 3.63) is 187 Å². The maximum atomic E-state index is 6.86. The summed E-state index contributed by atoms with van der Waals surface area (Å²) in [4.78, 5) is 2.35. The van der Waals surface area contributed by atoms with Crippen molar-refractivity contribution in [3.63, 3.8) is 0 Å². The van der Waals surface area contributed by atoms with Crippen molar-refractivity contribution in [2.45, 2.75) is 19.3 Å². The summed E-state index contributed by atoms with van der Waals surface area (Å²) < 4.78 is 16.0. The molecule has 0 bridgehead atoms. The van der Waals surface area contributed by atoms with E-state index in [1.807, 2.05) is 6.07 Å². The lowest BCUT2D eigenvalue weighted by Crippen LogP contribution is -2.57. The fourth-order valence-corrected chi connectivity index (χ4v) is 9.70. The number of rotatable bonds is 4. The third-order valence-electron chi connectivity index (χ3n) is 12.3. The lowest BCUT2D eigenvalue weighted by atomic mass is 9.34. The molecule has 0 saturated heterocycles. The van der Waals surface area contributed by atoms with Gasteiger partial charge in [0, 0.05) is 50.5 Å². The van der Waals surface area contributed by atoms with Crippen molar-refractivity contribution in [3.8, 4) is 39.8 Å². The number of aromatic nitrogens is 1. The molecular formula is C51H35BN2O2. The summed E-state index contributed by atoms with van der Waals surface area (Å²) in [5.41, 5.74) is 15.1. The van der Waals surface area contributed by atoms with Crippen molar-refractivity contribution in [2.75, 3.05) is 4.90 Å². The lowest BCUT2D eigenvalue weighted by molar-refractivity contribution is 0.464. The van der Waals surface area contributed by atoms with Crippen molar-refractivity contribution >= 4 is 62.0 Å². The minimum Gasteiger partial charge on any atom is -0.458 e. The molecule has 3 heterocycles. The van der Waals surface area contributed by atoms with Crippen molar-refractivity contribution < 1.29 is 9.47 Å². The van der Waals surface area contributed by atoms with Gasteiger partial charge >= 0.3 is 0 Å². The molecule has 0 unspecified atom stereocenters. The first kappa shape index (κ1) is 31.4. The molecule has 0 atom stereocenters. The molecule has 5 heteroatoms. The van der Waals surface area contributed by atoms with Crippen LogP contribution in [0.4, 0.5) is 17.1 Å². The minimum absolute atomic E-state index is 0.0553. The fourth-order valence-electron chi connectivity index (χ4n) is 9.70. The Morgan fingerprint density at radius 2 is 1.07 bits per heavy atom. The Morgan fingerprint density at radius 1 is 0.464 bits per heavy atom. The molecule has 4 nitrogen and oxygen atoms in total. The van der Waals surface area contributed by atoms with Crippen LogP contribution in [-0.2, 0) is 5.41 Å². The Hall–Kier alpha value is -6.98. The molecule has 264 valence electrons. The van der Waals surface area contributed by atoms with Gasteiger partial charge in [-0.05, 0) is 106 Å². The highest BCUT2D eigenvalue weighted by Crippen LogP contribution is 2.52. The first-order valence-electron chi connectivity index (χ1n) is 19.4. The standard InChI is InChI=1S/C51H35BN2O2/c1-51(2)40-27-35(53(32-15-6-3-7-16-32)33-17-8-4-9-18-33)25-26-36(40)38-28-42-48(30-41(38)51)55-46-23-14-24-47-50(46)52(42)43-29-39-37-21-12-13-22-44(37)54(34-19-10-5-11-20-34)45(39)31-49(43)56-47/h3-31H,1-2H3. The average molecular weight is 719 g/mol. The second kappa shape index (κ2) is 11.5. The molecule has 3 aliphatic rings. The number of fused-ring (bicyclic) bond motifs is 10.